The number of nitrogen functional groups attached to an aromatic ring is 1. The second-order valence-electron chi connectivity index (χ2n) is 6.81. The summed E-state index contributed by atoms with van der Waals surface area (Å²) in [7, 11) is -17.2. The van der Waals surface area contributed by atoms with Crippen LogP contribution in [0, 0.1) is 11.3 Å². The molecule has 2 aliphatic rings. The van der Waals surface area contributed by atoms with E-state index < -0.39 is 58.3 Å². The molecule has 1 saturated carbocycles. The van der Waals surface area contributed by atoms with Crippen LogP contribution < -0.4 is 11.4 Å². The van der Waals surface area contributed by atoms with E-state index in [1.165, 1.54) is 6.07 Å². The summed E-state index contributed by atoms with van der Waals surface area (Å²) in [5, 5.41) is 31.4. The molecular weight excluding hydrogens is 505 g/mol. The molecule has 8 N–H and O–H groups in total. The summed E-state index contributed by atoms with van der Waals surface area (Å²) in [5.74, 6) is -0.230. The van der Waals surface area contributed by atoms with E-state index in [2.05, 4.69) is 18.1 Å². The van der Waals surface area contributed by atoms with Crippen molar-refractivity contribution in [2.75, 3.05) is 5.73 Å². The summed E-state index contributed by atoms with van der Waals surface area (Å²) in [4.78, 5) is 51.4. The second kappa shape index (κ2) is 7.23. The van der Waals surface area contributed by atoms with Gasteiger partial charge in [-0.3, -0.25) is 9.09 Å². The Kier molecular flexibility index (Phi) is 5.67. The van der Waals surface area contributed by atoms with E-state index in [1.54, 1.807) is 0 Å². The first-order chi connectivity index (χ1) is 14.3. The number of fused-ring (bicyclic) bond motifs is 1. The number of phosphoric ester groups is 1. The van der Waals surface area contributed by atoms with Gasteiger partial charge in [-0.15, -0.1) is 0 Å². The Hall–Kier alpha value is -1.54. The van der Waals surface area contributed by atoms with Crippen molar-refractivity contribution in [2.24, 2.45) is 0 Å². The van der Waals surface area contributed by atoms with E-state index >= 15 is 0 Å². The molecule has 178 valence electrons. The molecule has 0 aromatic carbocycles. The van der Waals surface area contributed by atoms with Gasteiger partial charge in [-0.2, -0.15) is 18.9 Å². The van der Waals surface area contributed by atoms with Crippen LogP contribution in [0.2, 0.25) is 0 Å². The Morgan fingerprint density at radius 3 is 2.25 bits per heavy atom. The normalized spacial score (nSPS) is 37.7. The zero-order valence-electron chi connectivity index (χ0n) is 15.5. The third kappa shape index (κ3) is 3.87. The number of rotatable bonds is 7. The lowest BCUT2D eigenvalue weighted by atomic mass is 9.86. The molecule has 2 heterocycles. The minimum absolute atomic E-state index is 0.230. The maximum absolute atomic E-state index is 12.2. The van der Waals surface area contributed by atoms with Crippen LogP contribution in [0.3, 0.4) is 0 Å². The van der Waals surface area contributed by atoms with E-state index in [1.807, 2.05) is 0 Å². The molecule has 7 atom stereocenters. The van der Waals surface area contributed by atoms with Gasteiger partial charge in [-0.25, -0.2) is 18.5 Å². The lowest BCUT2D eigenvalue weighted by Crippen LogP contribution is -2.62. The van der Waals surface area contributed by atoms with Gasteiger partial charge >= 0.3 is 29.2 Å². The third-order valence-corrected chi connectivity index (χ3v) is 8.57. The van der Waals surface area contributed by atoms with Crippen LogP contribution >= 0.6 is 23.5 Å². The van der Waals surface area contributed by atoms with Crippen LogP contribution in [0.5, 0.6) is 0 Å². The average Bonchev–Trinajstić information content (AvgIpc) is 3.05. The maximum atomic E-state index is 12.2. The van der Waals surface area contributed by atoms with Gasteiger partial charge in [0.25, 0.3) is 5.72 Å². The smallest absolute Gasteiger partial charge is 0.383 e. The van der Waals surface area contributed by atoms with Crippen LogP contribution in [0.15, 0.2) is 17.1 Å². The predicted molar refractivity (Wildman–Crippen MR) is 95.7 cm³/mol. The summed E-state index contributed by atoms with van der Waals surface area (Å²) >= 11 is 0. The lowest BCUT2D eigenvalue weighted by molar-refractivity contribution is -0.198. The van der Waals surface area contributed by atoms with Crippen molar-refractivity contribution in [2.45, 2.75) is 36.1 Å². The van der Waals surface area contributed by atoms with Gasteiger partial charge in [-0.05, 0) is 13.0 Å². The monoisotopic (exact) mass is 520 g/mol. The molecule has 0 spiro atoms. The molecule has 1 saturated heterocycles. The fourth-order valence-electron chi connectivity index (χ4n) is 3.30. The molecule has 1 aliphatic heterocycles. The molecule has 32 heavy (non-hydrogen) atoms. The Balaban J connectivity index is 1.87. The van der Waals surface area contributed by atoms with Crippen LogP contribution in [0.4, 0.5) is 5.82 Å². The summed E-state index contributed by atoms with van der Waals surface area (Å²) in [6, 6.07) is 2.60. The second-order valence-corrected chi connectivity index (χ2v) is 11.2. The van der Waals surface area contributed by atoms with Crippen molar-refractivity contribution >= 4 is 29.3 Å². The number of nitriles is 1. The fourth-order valence-corrected chi connectivity index (χ4v) is 6.52. The number of hydrogen-bond acceptors (Lipinski definition) is 13. The highest BCUT2D eigenvalue weighted by molar-refractivity contribution is 7.66. The molecule has 4 unspecified atom stereocenters. The zero-order valence-corrected chi connectivity index (χ0v) is 18.2. The minimum atomic E-state index is -5.84. The Bertz CT molecular complexity index is 1210. The van der Waals surface area contributed by atoms with E-state index in [4.69, 9.17) is 20.3 Å². The van der Waals surface area contributed by atoms with Gasteiger partial charge in [0.2, 0.25) is 0 Å². The first-order valence-electron chi connectivity index (χ1n) is 8.04. The van der Waals surface area contributed by atoms with Gasteiger partial charge in [0.15, 0.2) is 11.2 Å². The SMILES string of the molecule is C[C@@]1(O)[C@@]2(O)C(O[C@@]1(C#N)n1ccc(N)nc1=O)C2OP(=O)(O)OP(=O)(O)OP(=O)(O)O. The fraction of sp³-hybridized carbons (Fsp3) is 0.545. The lowest BCUT2D eigenvalue weighted by Gasteiger charge is -2.38. The zero-order chi connectivity index (χ0) is 24.5. The molecule has 0 bridgehead atoms. The van der Waals surface area contributed by atoms with Crippen LogP contribution in [0.25, 0.3) is 0 Å². The van der Waals surface area contributed by atoms with E-state index in [9.17, 15) is 43.8 Å². The number of ether oxygens (including phenoxy) is 1. The highest BCUT2D eigenvalue weighted by Crippen LogP contribution is 2.71. The molecule has 0 radical (unpaired) electrons. The van der Waals surface area contributed by atoms with E-state index in [0.29, 0.717) is 4.57 Å². The number of aliphatic hydroxyl groups is 2. The van der Waals surface area contributed by atoms with Crippen molar-refractivity contribution in [1.82, 2.24) is 9.55 Å². The van der Waals surface area contributed by atoms with Crippen LogP contribution in [-0.2, 0) is 37.3 Å². The molecule has 0 amide bonds. The van der Waals surface area contributed by atoms with Crippen molar-refractivity contribution in [1.29, 1.82) is 5.26 Å². The van der Waals surface area contributed by atoms with Crippen molar-refractivity contribution in [3.8, 4) is 6.07 Å². The van der Waals surface area contributed by atoms with E-state index in [0.717, 1.165) is 19.2 Å². The summed E-state index contributed by atoms with van der Waals surface area (Å²) in [6.07, 6.45) is -2.79. The molecule has 1 aromatic rings. The summed E-state index contributed by atoms with van der Waals surface area (Å²) in [6.45, 7) is 0.833. The van der Waals surface area contributed by atoms with Gasteiger partial charge in [-0.1, -0.05) is 0 Å². The van der Waals surface area contributed by atoms with Crippen LogP contribution in [-0.4, -0.2) is 62.7 Å². The van der Waals surface area contributed by atoms with Gasteiger partial charge < -0.3 is 40.3 Å². The Labute approximate surface area is 176 Å². The van der Waals surface area contributed by atoms with Crippen molar-refractivity contribution in [3.63, 3.8) is 0 Å². The van der Waals surface area contributed by atoms with Crippen molar-refractivity contribution < 1.29 is 61.4 Å². The van der Waals surface area contributed by atoms with Crippen molar-refractivity contribution in [3.05, 3.63) is 22.7 Å². The molecule has 18 nitrogen and oxygen atoms in total. The predicted octanol–water partition coefficient (Wildman–Crippen LogP) is -2.39. The number of nitrogens with zero attached hydrogens (tertiary/aromatic N) is 3. The first kappa shape index (κ1) is 25.1. The largest absolute Gasteiger partial charge is 0.490 e. The highest BCUT2D eigenvalue weighted by atomic mass is 31.3. The Morgan fingerprint density at radius 2 is 1.81 bits per heavy atom. The standard InChI is InChI=1S/C11H15N4O14P3/c1-9(17)10(4-12,15-3-2-5(13)14-8(15)16)26-6-7(11(6,9)18)27-31(22,23)29-32(24,25)28-30(19,20)21/h2-3,6-7,17-18H,1H3,(H,22,23)(H,24,25)(H2,13,14,16)(H2,19,20,21)/t6?,7?,9-,10+,11+/m0/s1. The highest BCUT2D eigenvalue weighted by Gasteiger charge is 2.89. The van der Waals surface area contributed by atoms with Gasteiger partial charge in [0.1, 0.15) is 24.1 Å². The molecule has 2 fully saturated rings. The first-order valence-corrected chi connectivity index (χ1v) is 12.6. The number of hydrogen-bond donors (Lipinski definition) is 7. The summed E-state index contributed by atoms with van der Waals surface area (Å²) < 4.78 is 51.5. The number of phosphoric acid groups is 3. The number of anilines is 1. The number of aromatic nitrogens is 2. The summed E-state index contributed by atoms with van der Waals surface area (Å²) in [5.41, 5.74) is -3.77. The van der Waals surface area contributed by atoms with Crippen LogP contribution in [0.1, 0.15) is 6.92 Å². The molecular formula is C11H15N4O14P3. The molecule has 1 aromatic heterocycles. The van der Waals surface area contributed by atoms with Gasteiger partial charge in [0, 0.05) is 6.20 Å². The topological polar surface area (TPSA) is 294 Å². The average molecular weight is 520 g/mol. The van der Waals surface area contributed by atoms with E-state index in [-0.39, 0.29) is 5.82 Å². The van der Waals surface area contributed by atoms with Gasteiger partial charge in [0.05, 0.1) is 0 Å². The third-order valence-electron chi connectivity index (χ3n) is 4.75. The molecule has 3 rings (SSSR count). The quantitative estimate of drug-likeness (QED) is 0.184. The Morgan fingerprint density at radius 1 is 1.22 bits per heavy atom. The maximum Gasteiger partial charge on any atom is 0.490 e. The molecule has 1 aliphatic carbocycles. The minimum Gasteiger partial charge on any atom is -0.383 e. The molecule has 21 heteroatoms. The number of nitrogens with two attached hydrogens (primary N) is 1.